The molecule has 1 aromatic rings. The minimum Gasteiger partial charge on any atom is -0.496 e. The molecule has 0 aromatic heterocycles. The topological polar surface area (TPSA) is 55.6 Å². The van der Waals surface area contributed by atoms with Gasteiger partial charge in [0.15, 0.2) is 0 Å². The molecule has 1 saturated heterocycles. The molecule has 0 spiro atoms. The van der Waals surface area contributed by atoms with Crippen molar-refractivity contribution in [2.45, 2.75) is 50.6 Å². The average molecular weight is 339 g/mol. The van der Waals surface area contributed by atoms with Crippen LogP contribution >= 0.6 is 12.4 Å². The van der Waals surface area contributed by atoms with Crippen molar-refractivity contribution in [2.75, 3.05) is 13.7 Å². The van der Waals surface area contributed by atoms with Crippen molar-refractivity contribution in [1.29, 1.82) is 0 Å². The van der Waals surface area contributed by atoms with Crippen LogP contribution in [0.15, 0.2) is 24.3 Å². The minimum absolute atomic E-state index is 0. The first kappa shape index (κ1) is 18.1. The second kappa shape index (κ2) is 8.02. The molecular formula is C18H27ClN2O2. The van der Waals surface area contributed by atoms with Gasteiger partial charge in [-0.15, -0.1) is 12.4 Å². The molecule has 5 heteroatoms. The smallest absolute Gasteiger partial charge is 0.226 e. The number of halogens is 1. The molecule has 1 saturated carbocycles. The van der Waals surface area contributed by atoms with Crippen LogP contribution in [0.5, 0.6) is 5.75 Å². The van der Waals surface area contributed by atoms with Gasteiger partial charge >= 0.3 is 0 Å². The summed E-state index contributed by atoms with van der Waals surface area (Å²) in [7, 11) is 1.70. The van der Waals surface area contributed by atoms with E-state index < -0.39 is 0 Å². The fourth-order valence-corrected chi connectivity index (χ4v) is 3.94. The van der Waals surface area contributed by atoms with E-state index in [1.54, 1.807) is 7.11 Å². The Kier molecular flexibility index (Phi) is 6.31. The lowest BCUT2D eigenvalue weighted by atomic mass is 10.0. The van der Waals surface area contributed by atoms with Crippen molar-refractivity contribution < 1.29 is 9.53 Å². The maximum atomic E-state index is 12.8. The van der Waals surface area contributed by atoms with Crippen LogP contribution in [0.3, 0.4) is 0 Å². The first-order chi connectivity index (χ1) is 10.7. The van der Waals surface area contributed by atoms with Gasteiger partial charge in [0, 0.05) is 24.5 Å². The van der Waals surface area contributed by atoms with Gasteiger partial charge in [0.25, 0.3) is 0 Å². The first-order valence-electron chi connectivity index (χ1n) is 8.37. The number of hydrogen-bond donors (Lipinski definition) is 1. The van der Waals surface area contributed by atoms with Crippen LogP contribution in [0, 0.1) is 5.92 Å². The highest BCUT2D eigenvalue weighted by molar-refractivity contribution is 5.85. The average Bonchev–Trinajstić information content (AvgIpc) is 3.16. The molecule has 2 fully saturated rings. The third kappa shape index (κ3) is 3.99. The summed E-state index contributed by atoms with van der Waals surface area (Å²) in [5.41, 5.74) is 7.16. The monoisotopic (exact) mass is 338 g/mol. The van der Waals surface area contributed by atoms with Gasteiger partial charge in [-0.05, 0) is 50.2 Å². The van der Waals surface area contributed by atoms with E-state index in [0.29, 0.717) is 11.9 Å². The number of nitrogens with two attached hydrogens (primary N) is 1. The van der Waals surface area contributed by atoms with E-state index in [0.717, 1.165) is 50.8 Å². The Bertz CT molecular complexity index is 538. The van der Waals surface area contributed by atoms with E-state index in [4.69, 9.17) is 10.5 Å². The molecule has 4 nitrogen and oxygen atoms in total. The molecule has 1 aromatic carbocycles. The maximum absolute atomic E-state index is 12.8. The van der Waals surface area contributed by atoms with Crippen molar-refractivity contribution in [3.8, 4) is 5.75 Å². The fraction of sp³-hybridized carbons (Fsp3) is 0.611. The molecular weight excluding hydrogens is 312 g/mol. The van der Waals surface area contributed by atoms with E-state index in [-0.39, 0.29) is 24.4 Å². The largest absolute Gasteiger partial charge is 0.496 e. The van der Waals surface area contributed by atoms with E-state index in [9.17, 15) is 4.79 Å². The number of carbonyl (C=O) groups is 1. The van der Waals surface area contributed by atoms with Gasteiger partial charge in [-0.25, -0.2) is 0 Å². The molecule has 0 bridgehead atoms. The number of ether oxygens (including phenoxy) is 1. The predicted octanol–water partition coefficient (Wildman–Crippen LogP) is 2.78. The highest BCUT2D eigenvalue weighted by Gasteiger charge is 2.36. The summed E-state index contributed by atoms with van der Waals surface area (Å²) < 4.78 is 5.45. The summed E-state index contributed by atoms with van der Waals surface area (Å²) in [6.07, 6.45) is 5.87. The van der Waals surface area contributed by atoms with E-state index >= 15 is 0 Å². The van der Waals surface area contributed by atoms with Crippen molar-refractivity contribution in [3.05, 3.63) is 29.8 Å². The Morgan fingerprint density at radius 3 is 2.78 bits per heavy atom. The first-order valence-corrected chi connectivity index (χ1v) is 8.37. The number of carbonyl (C=O) groups excluding carboxylic acids is 1. The Labute approximate surface area is 144 Å². The van der Waals surface area contributed by atoms with E-state index in [1.165, 1.54) is 5.56 Å². The van der Waals surface area contributed by atoms with Gasteiger partial charge in [-0.2, -0.15) is 0 Å². The van der Waals surface area contributed by atoms with E-state index in [2.05, 4.69) is 11.0 Å². The molecule has 2 aliphatic rings. The number of amides is 1. The zero-order valence-corrected chi connectivity index (χ0v) is 14.6. The van der Waals surface area contributed by atoms with Gasteiger partial charge < -0.3 is 15.4 Å². The molecule has 1 aliphatic carbocycles. The summed E-state index contributed by atoms with van der Waals surface area (Å²) in [6, 6.07) is 8.64. The lowest BCUT2D eigenvalue weighted by Gasteiger charge is -2.28. The molecule has 3 atom stereocenters. The van der Waals surface area contributed by atoms with Crippen molar-refractivity contribution >= 4 is 18.3 Å². The fourth-order valence-electron chi connectivity index (χ4n) is 3.94. The molecule has 1 heterocycles. The maximum Gasteiger partial charge on any atom is 0.226 e. The standard InChI is InChI=1S/C18H26N2O2.ClH/c1-22-17-7-3-2-5-13(17)12-16-6-4-10-20(16)18(21)14-8-9-15(19)11-14;/h2-3,5,7,14-16H,4,6,8-12,19H2,1H3;1H. The van der Waals surface area contributed by atoms with Gasteiger partial charge in [0.05, 0.1) is 7.11 Å². The summed E-state index contributed by atoms with van der Waals surface area (Å²) in [4.78, 5) is 14.9. The zero-order chi connectivity index (χ0) is 15.5. The normalized spacial score (nSPS) is 26.9. The lowest BCUT2D eigenvalue weighted by Crippen LogP contribution is -2.40. The van der Waals surface area contributed by atoms with Crippen LogP contribution in [0.25, 0.3) is 0 Å². The number of methoxy groups -OCH3 is 1. The zero-order valence-electron chi connectivity index (χ0n) is 13.7. The second-order valence-electron chi connectivity index (χ2n) is 6.61. The van der Waals surface area contributed by atoms with Crippen LogP contribution in [-0.2, 0) is 11.2 Å². The highest BCUT2D eigenvalue weighted by atomic mass is 35.5. The Balaban J connectivity index is 0.00000192. The number of hydrogen-bond acceptors (Lipinski definition) is 3. The molecule has 128 valence electrons. The minimum atomic E-state index is 0. The predicted molar refractivity (Wildman–Crippen MR) is 94.0 cm³/mol. The molecule has 0 radical (unpaired) electrons. The number of benzene rings is 1. The van der Waals surface area contributed by atoms with Crippen LogP contribution < -0.4 is 10.5 Å². The van der Waals surface area contributed by atoms with Crippen LogP contribution in [0.4, 0.5) is 0 Å². The molecule has 1 amide bonds. The van der Waals surface area contributed by atoms with Crippen molar-refractivity contribution in [2.24, 2.45) is 11.7 Å². The Morgan fingerprint density at radius 2 is 2.09 bits per heavy atom. The van der Waals surface area contributed by atoms with E-state index in [1.807, 2.05) is 18.2 Å². The summed E-state index contributed by atoms with van der Waals surface area (Å²) in [5, 5.41) is 0. The van der Waals surface area contributed by atoms with Crippen molar-refractivity contribution in [3.63, 3.8) is 0 Å². The molecule has 1 aliphatic heterocycles. The molecule has 23 heavy (non-hydrogen) atoms. The number of para-hydroxylation sites is 1. The Morgan fingerprint density at radius 1 is 1.30 bits per heavy atom. The van der Waals surface area contributed by atoms with Crippen LogP contribution in [-0.4, -0.2) is 36.5 Å². The molecule has 3 unspecified atom stereocenters. The number of rotatable bonds is 4. The Hall–Kier alpha value is -1.26. The molecule has 3 rings (SSSR count). The summed E-state index contributed by atoms with van der Waals surface area (Å²) in [6.45, 7) is 0.893. The third-order valence-electron chi connectivity index (χ3n) is 5.13. The quantitative estimate of drug-likeness (QED) is 0.918. The SMILES string of the molecule is COc1ccccc1CC1CCCN1C(=O)C1CCC(N)C1.Cl. The van der Waals surface area contributed by atoms with Gasteiger partial charge in [0.1, 0.15) is 5.75 Å². The molecule has 2 N–H and O–H groups in total. The van der Waals surface area contributed by atoms with Crippen molar-refractivity contribution in [1.82, 2.24) is 4.90 Å². The van der Waals surface area contributed by atoms with Crippen LogP contribution in [0.2, 0.25) is 0 Å². The number of nitrogens with zero attached hydrogens (tertiary/aromatic N) is 1. The summed E-state index contributed by atoms with van der Waals surface area (Å²) in [5.74, 6) is 1.39. The van der Waals surface area contributed by atoms with Gasteiger partial charge in [-0.1, -0.05) is 18.2 Å². The van der Waals surface area contributed by atoms with Crippen LogP contribution in [0.1, 0.15) is 37.7 Å². The van der Waals surface area contributed by atoms with Gasteiger partial charge in [0.2, 0.25) is 5.91 Å². The van der Waals surface area contributed by atoms with Gasteiger partial charge in [-0.3, -0.25) is 4.79 Å². The lowest BCUT2D eigenvalue weighted by molar-refractivity contribution is -0.136. The number of likely N-dealkylation sites (tertiary alicyclic amines) is 1. The summed E-state index contributed by atoms with van der Waals surface area (Å²) >= 11 is 0. The second-order valence-corrected chi connectivity index (χ2v) is 6.61. The highest BCUT2D eigenvalue weighted by Crippen LogP contribution is 2.31. The third-order valence-corrected chi connectivity index (χ3v) is 5.13.